The van der Waals surface area contributed by atoms with E-state index in [0.717, 1.165) is 11.1 Å². The maximum absolute atomic E-state index is 9.16. The van der Waals surface area contributed by atoms with Crippen LogP contribution in [0, 0.1) is 6.92 Å². The van der Waals surface area contributed by atoms with Gasteiger partial charge in [-0.25, -0.2) is 0 Å². The highest BCUT2D eigenvalue weighted by Crippen LogP contribution is 2.42. The van der Waals surface area contributed by atoms with E-state index in [-0.39, 0.29) is 6.61 Å². The van der Waals surface area contributed by atoms with E-state index in [4.69, 9.17) is 19.1 Å². The van der Waals surface area contributed by atoms with Crippen molar-refractivity contribution < 1.29 is 19.1 Å². The van der Waals surface area contributed by atoms with Crippen LogP contribution in [0.1, 0.15) is 11.1 Å². The van der Waals surface area contributed by atoms with Crippen LogP contribution in [0.4, 0.5) is 0 Å². The van der Waals surface area contributed by atoms with Crippen LogP contribution in [0.15, 0.2) is 6.07 Å². The summed E-state index contributed by atoms with van der Waals surface area (Å²) in [4.78, 5) is 0. The average Bonchev–Trinajstić information content (AvgIpc) is 2.28. The summed E-state index contributed by atoms with van der Waals surface area (Å²) in [6.45, 7) is 1.80. The van der Waals surface area contributed by atoms with E-state index in [9.17, 15) is 0 Å². The van der Waals surface area contributed by atoms with Crippen molar-refractivity contribution in [3.8, 4) is 17.2 Å². The molecule has 0 aliphatic carbocycles. The van der Waals surface area contributed by atoms with Gasteiger partial charge in [0.05, 0.1) is 30.3 Å². The Morgan fingerprint density at radius 2 is 1.87 bits per heavy atom. The van der Waals surface area contributed by atoms with Crippen LogP contribution in [0.2, 0.25) is 0 Å². The average molecular weight is 230 g/mol. The second kappa shape index (κ2) is 5.19. The molecule has 0 bridgehead atoms. The van der Waals surface area contributed by atoms with E-state index in [0.29, 0.717) is 17.2 Å². The van der Waals surface area contributed by atoms with Crippen molar-refractivity contribution in [1.29, 1.82) is 0 Å². The molecule has 0 radical (unpaired) electrons. The first-order valence-electron chi connectivity index (χ1n) is 4.41. The Bertz CT molecular complexity index is 352. The van der Waals surface area contributed by atoms with Gasteiger partial charge in [0.2, 0.25) is 5.75 Å². The molecular weight excluding hydrogens is 215 g/mol. The minimum Gasteiger partial charge on any atom is -0.492 e. The predicted octanol–water partition coefficient (Wildman–Crippen LogP) is 1.67. The van der Waals surface area contributed by atoms with Crippen LogP contribution in [0.25, 0.3) is 0 Å². The fourth-order valence-corrected chi connectivity index (χ4v) is 1.63. The van der Waals surface area contributed by atoms with E-state index in [1.165, 1.54) is 0 Å². The molecule has 1 unspecified atom stereocenters. The van der Waals surface area contributed by atoms with Crippen LogP contribution in [0.3, 0.4) is 0 Å². The fourth-order valence-electron chi connectivity index (χ4n) is 1.45. The molecule has 15 heavy (non-hydrogen) atoms. The number of rotatable bonds is 4. The summed E-state index contributed by atoms with van der Waals surface area (Å²) in [7, 11) is 5.24. The first kappa shape index (κ1) is 12.1. The summed E-state index contributed by atoms with van der Waals surface area (Å²) in [5, 5.41) is 9.16. The molecule has 1 aromatic carbocycles. The molecule has 0 aliphatic rings. The molecule has 1 atom stereocenters. The van der Waals surface area contributed by atoms with E-state index < -0.39 is 0 Å². The maximum atomic E-state index is 9.16. The fraction of sp³-hybridized carbons (Fsp3) is 0.400. The largest absolute Gasteiger partial charge is 0.492 e. The van der Waals surface area contributed by atoms with E-state index in [1.807, 2.05) is 6.92 Å². The third kappa shape index (κ3) is 2.16. The molecule has 1 N–H and O–H groups in total. The van der Waals surface area contributed by atoms with Gasteiger partial charge in [0.15, 0.2) is 11.5 Å². The van der Waals surface area contributed by atoms with Gasteiger partial charge in [-0.3, -0.25) is 0 Å². The first-order valence-corrected chi connectivity index (χ1v) is 4.88. The van der Waals surface area contributed by atoms with E-state index in [2.05, 4.69) is 9.47 Å². The van der Waals surface area contributed by atoms with Gasteiger partial charge in [-0.05, 0) is 18.6 Å². The molecule has 0 aliphatic heterocycles. The molecule has 5 heteroatoms. The lowest BCUT2D eigenvalue weighted by Crippen LogP contribution is -1.99. The number of ether oxygens (including phenoxy) is 2. The van der Waals surface area contributed by atoms with Gasteiger partial charge >= 0.3 is 0 Å². The number of benzene rings is 1. The van der Waals surface area contributed by atoms with Crippen LogP contribution >= 0.6 is 9.47 Å². The van der Waals surface area contributed by atoms with Crippen LogP contribution in [0.5, 0.6) is 17.2 Å². The highest BCUT2D eigenvalue weighted by molar-refractivity contribution is 7.10. The quantitative estimate of drug-likeness (QED) is 0.799. The number of methoxy groups -OCH3 is 2. The Morgan fingerprint density at radius 1 is 1.27 bits per heavy atom. The van der Waals surface area contributed by atoms with Crippen molar-refractivity contribution in [3.05, 3.63) is 17.2 Å². The molecule has 0 spiro atoms. The highest BCUT2D eigenvalue weighted by Gasteiger charge is 2.17. The molecule has 1 rings (SSSR count). The van der Waals surface area contributed by atoms with Crippen molar-refractivity contribution in [2.24, 2.45) is 0 Å². The molecule has 0 heterocycles. The van der Waals surface area contributed by atoms with Crippen molar-refractivity contribution in [2.45, 2.75) is 13.5 Å². The van der Waals surface area contributed by atoms with Crippen molar-refractivity contribution in [3.63, 3.8) is 0 Å². The second-order valence-corrected chi connectivity index (χ2v) is 3.24. The molecule has 0 amide bonds. The minimum absolute atomic E-state index is 0.0623. The summed E-state index contributed by atoms with van der Waals surface area (Å²) in [5.41, 5.74) is 1.60. The molecule has 1 aromatic rings. The third-order valence-electron chi connectivity index (χ3n) is 2.26. The predicted molar refractivity (Wildman–Crippen MR) is 60.5 cm³/mol. The number of aliphatic hydroxyl groups is 1. The molecular formula is C10H15O4P. The maximum Gasteiger partial charge on any atom is 0.203 e. The van der Waals surface area contributed by atoms with Gasteiger partial charge < -0.3 is 19.1 Å². The Labute approximate surface area is 91.4 Å². The Balaban J connectivity index is 3.43. The first-order chi connectivity index (χ1) is 7.19. The molecule has 0 saturated carbocycles. The summed E-state index contributed by atoms with van der Waals surface area (Å²) in [6.07, 6.45) is 0. The topological polar surface area (TPSA) is 47.9 Å². The lowest BCUT2D eigenvalue weighted by atomic mass is 10.1. The highest BCUT2D eigenvalue weighted by atomic mass is 31.0. The van der Waals surface area contributed by atoms with E-state index in [1.54, 1.807) is 20.3 Å². The summed E-state index contributed by atoms with van der Waals surface area (Å²) >= 11 is 0. The normalized spacial score (nSPS) is 9.93. The molecule has 0 fully saturated rings. The Morgan fingerprint density at radius 3 is 2.27 bits per heavy atom. The van der Waals surface area contributed by atoms with Gasteiger partial charge in [0.25, 0.3) is 0 Å². The summed E-state index contributed by atoms with van der Waals surface area (Å²) in [6, 6.07) is 1.73. The van der Waals surface area contributed by atoms with E-state index >= 15 is 0 Å². The number of aliphatic hydroxyl groups excluding tert-OH is 1. The van der Waals surface area contributed by atoms with Crippen LogP contribution in [-0.4, -0.2) is 19.3 Å². The zero-order valence-corrected chi connectivity index (χ0v) is 10.2. The SMILES string of the molecule is COc1c(OP)cc(CO)c(C)c1OC. The summed E-state index contributed by atoms with van der Waals surface area (Å²) < 4.78 is 15.5. The van der Waals surface area contributed by atoms with Crippen molar-refractivity contribution >= 4 is 9.47 Å². The lowest BCUT2D eigenvalue weighted by molar-refractivity contribution is 0.278. The van der Waals surface area contributed by atoms with Gasteiger partial charge in [0, 0.05) is 5.56 Å². The Kier molecular flexibility index (Phi) is 4.18. The van der Waals surface area contributed by atoms with Gasteiger partial charge in [-0.15, -0.1) is 0 Å². The van der Waals surface area contributed by atoms with Gasteiger partial charge in [-0.1, -0.05) is 0 Å². The molecule has 0 saturated heterocycles. The molecule has 4 nitrogen and oxygen atoms in total. The van der Waals surface area contributed by atoms with Crippen LogP contribution < -0.4 is 14.0 Å². The lowest BCUT2D eigenvalue weighted by Gasteiger charge is -2.16. The minimum atomic E-state index is -0.0623. The van der Waals surface area contributed by atoms with Crippen molar-refractivity contribution in [1.82, 2.24) is 0 Å². The zero-order chi connectivity index (χ0) is 11.4. The van der Waals surface area contributed by atoms with Crippen LogP contribution in [-0.2, 0) is 6.61 Å². The third-order valence-corrected chi connectivity index (χ3v) is 2.52. The smallest absolute Gasteiger partial charge is 0.203 e. The summed E-state index contributed by atoms with van der Waals surface area (Å²) in [5.74, 6) is 1.64. The Hall–Kier alpha value is -0.990. The van der Waals surface area contributed by atoms with Crippen molar-refractivity contribution in [2.75, 3.05) is 14.2 Å². The van der Waals surface area contributed by atoms with Gasteiger partial charge in [0.1, 0.15) is 0 Å². The number of hydrogen-bond donors (Lipinski definition) is 1. The standard InChI is InChI=1S/C10H15O4P/c1-6-7(5-11)4-8(14-15)10(13-3)9(6)12-2/h4,11H,5,15H2,1-3H3. The number of hydrogen-bond acceptors (Lipinski definition) is 4. The molecule has 0 aromatic heterocycles. The second-order valence-electron chi connectivity index (χ2n) is 3.00. The van der Waals surface area contributed by atoms with Gasteiger partial charge in [-0.2, -0.15) is 0 Å². The monoisotopic (exact) mass is 230 g/mol. The zero-order valence-electron chi connectivity index (χ0n) is 9.03. The molecule has 84 valence electrons.